The Morgan fingerprint density at radius 1 is 1.33 bits per heavy atom. The molecule has 0 aliphatic rings. The fourth-order valence-electron chi connectivity index (χ4n) is 1.24. The van der Waals surface area contributed by atoms with E-state index in [2.05, 4.69) is 0 Å². The summed E-state index contributed by atoms with van der Waals surface area (Å²) in [6.07, 6.45) is -0.635. The lowest BCUT2D eigenvalue weighted by atomic mass is 10.1. The van der Waals surface area contributed by atoms with Crippen LogP contribution in [0.5, 0.6) is 5.75 Å². The number of hydrogen-bond acceptors (Lipinski definition) is 4. The molecule has 0 aliphatic carbocycles. The summed E-state index contributed by atoms with van der Waals surface area (Å²) in [6, 6.07) is 4.15. The van der Waals surface area contributed by atoms with Crippen molar-refractivity contribution in [3.05, 3.63) is 29.3 Å². The molecule has 0 fully saturated rings. The molecule has 0 bridgehead atoms. The van der Waals surface area contributed by atoms with E-state index in [9.17, 15) is 9.90 Å². The first kappa shape index (κ1) is 11.5. The van der Waals surface area contributed by atoms with E-state index in [4.69, 9.17) is 14.6 Å². The number of carboxylic acids is 1. The largest absolute Gasteiger partial charge is 0.507 e. The predicted octanol–water partition coefficient (Wildman–Crippen LogP) is 1.38. The smallest absolute Gasteiger partial charge is 0.339 e. The van der Waals surface area contributed by atoms with Gasteiger partial charge < -0.3 is 19.7 Å². The van der Waals surface area contributed by atoms with Gasteiger partial charge in [0.15, 0.2) is 6.29 Å². The molecule has 1 aromatic rings. The van der Waals surface area contributed by atoms with Crippen molar-refractivity contribution in [2.75, 3.05) is 14.2 Å². The van der Waals surface area contributed by atoms with Gasteiger partial charge in [-0.05, 0) is 12.1 Å². The molecule has 2 N–H and O–H groups in total. The van der Waals surface area contributed by atoms with Crippen molar-refractivity contribution in [3.63, 3.8) is 0 Å². The van der Waals surface area contributed by atoms with E-state index in [0.717, 1.165) is 0 Å². The predicted molar refractivity (Wildman–Crippen MR) is 51.8 cm³/mol. The number of carbonyl (C=O) groups is 1. The molecular formula is C10H12O5. The maximum absolute atomic E-state index is 10.7. The number of hydrogen-bond donors (Lipinski definition) is 2. The highest BCUT2D eigenvalue weighted by Crippen LogP contribution is 2.24. The lowest BCUT2D eigenvalue weighted by Gasteiger charge is -2.14. The summed E-state index contributed by atoms with van der Waals surface area (Å²) in [7, 11) is 2.89. The highest BCUT2D eigenvalue weighted by Gasteiger charge is 2.15. The van der Waals surface area contributed by atoms with Gasteiger partial charge in [-0.2, -0.15) is 0 Å². The highest BCUT2D eigenvalue weighted by atomic mass is 16.7. The maximum atomic E-state index is 10.7. The second kappa shape index (κ2) is 4.77. The van der Waals surface area contributed by atoms with Crippen molar-refractivity contribution in [1.29, 1.82) is 0 Å². The first-order valence-electron chi connectivity index (χ1n) is 4.22. The van der Waals surface area contributed by atoms with Gasteiger partial charge in [0.25, 0.3) is 0 Å². The Morgan fingerprint density at radius 3 is 2.40 bits per heavy atom. The van der Waals surface area contributed by atoms with Crippen molar-refractivity contribution in [1.82, 2.24) is 0 Å². The molecule has 0 saturated heterocycles. The molecule has 82 valence electrons. The van der Waals surface area contributed by atoms with Crippen molar-refractivity contribution in [3.8, 4) is 5.75 Å². The van der Waals surface area contributed by atoms with Crippen LogP contribution in [0.1, 0.15) is 22.2 Å². The third-order valence-electron chi connectivity index (χ3n) is 1.95. The van der Waals surface area contributed by atoms with E-state index in [-0.39, 0.29) is 11.3 Å². The normalized spacial score (nSPS) is 10.6. The minimum absolute atomic E-state index is 0.174. The molecule has 0 heterocycles. The van der Waals surface area contributed by atoms with Crippen LogP contribution >= 0.6 is 0 Å². The van der Waals surface area contributed by atoms with Crippen LogP contribution in [-0.2, 0) is 9.47 Å². The topological polar surface area (TPSA) is 76.0 Å². The SMILES string of the molecule is COC(OC)c1ccc(O)c(C(=O)O)c1. The number of aromatic carboxylic acids is 1. The van der Waals surface area contributed by atoms with Crippen molar-refractivity contribution < 1.29 is 24.5 Å². The van der Waals surface area contributed by atoms with Crippen LogP contribution in [0.3, 0.4) is 0 Å². The molecule has 1 rings (SSSR count). The Labute approximate surface area is 86.9 Å². The number of rotatable bonds is 4. The molecule has 1 aromatic carbocycles. The molecule has 0 radical (unpaired) electrons. The third-order valence-corrected chi connectivity index (χ3v) is 1.95. The summed E-state index contributed by atoms with van der Waals surface area (Å²) in [5.74, 6) is -1.47. The average Bonchev–Trinajstić information content (AvgIpc) is 2.21. The molecule has 0 amide bonds. The highest BCUT2D eigenvalue weighted by molar-refractivity contribution is 5.90. The summed E-state index contributed by atoms with van der Waals surface area (Å²) >= 11 is 0. The Morgan fingerprint density at radius 2 is 1.93 bits per heavy atom. The summed E-state index contributed by atoms with van der Waals surface area (Å²) in [6.45, 7) is 0. The van der Waals surface area contributed by atoms with Crippen LogP contribution in [-0.4, -0.2) is 30.4 Å². The van der Waals surface area contributed by atoms with Crippen LogP contribution < -0.4 is 0 Å². The summed E-state index contributed by atoms with van der Waals surface area (Å²) in [5.41, 5.74) is 0.363. The second-order valence-corrected chi connectivity index (χ2v) is 2.89. The van der Waals surface area contributed by atoms with Gasteiger partial charge in [0.1, 0.15) is 11.3 Å². The van der Waals surface area contributed by atoms with Gasteiger partial charge in [-0.15, -0.1) is 0 Å². The lowest BCUT2D eigenvalue weighted by Crippen LogP contribution is -2.06. The van der Waals surface area contributed by atoms with E-state index in [0.29, 0.717) is 5.56 Å². The first-order chi connectivity index (χ1) is 7.10. The van der Waals surface area contributed by atoms with Crippen LogP contribution in [0.4, 0.5) is 0 Å². The van der Waals surface area contributed by atoms with Crippen molar-refractivity contribution in [2.24, 2.45) is 0 Å². The summed E-state index contributed by atoms with van der Waals surface area (Å²) < 4.78 is 9.93. The van der Waals surface area contributed by atoms with E-state index in [1.54, 1.807) is 6.07 Å². The van der Waals surface area contributed by atoms with Crippen LogP contribution in [0.15, 0.2) is 18.2 Å². The second-order valence-electron chi connectivity index (χ2n) is 2.89. The van der Waals surface area contributed by atoms with Gasteiger partial charge in [-0.3, -0.25) is 0 Å². The molecule has 0 atom stereocenters. The number of ether oxygens (including phenoxy) is 2. The molecule has 0 spiro atoms. The van der Waals surface area contributed by atoms with Gasteiger partial charge in [0, 0.05) is 19.8 Å². The number of carboxylic acid groups (broad SMARTS) is 1. The quantitative estimate of drug-likeness (QED) is 0.737. The molecule has 5 nitrogen and oxygen atoms in total. The standard InChI is InChI=1S/C10H12O5/c1-14-10(15-2)6-3-4-8(11)7(5-6)9(12)13/h3-5,10-11H,1-2H3,(H,12,13). The van der Waals surface area contributed by atoms with Gasteiger partial charge in [0.2, 0.25) is 0 Å². The maximum Gasteiger partial charge on any atom is 0.339 e. The van der Waals surface area contributed by atoms with E-state index in [1.165, 1.54) is 26.4 Å². The zero-order chi connectivity index (χ0) is 11.4. The van der Waals surface area contributed by atoms with Gasteiger partial charge in [-0.25, -0.2) is 4.79 Å². The summed E-state index contributed by atoms with van der Waals surface area (Å²) in [5, 5.41) is 18.0. The van der Waals surface area contributed by atoms with Gasteiger partial charge >= 0.3 is 5.97 Å². The number of methoxy groups -OCH3 is 2. The monoisotopic (exact) mass is 212 g/mol. The molecule has 0 aliphatic heterocycles. The number of aromatic hydroxyl groups is 1. The Bertz CT molecular complexity index is 357. The molecule has 0 aromatic heterocycles. The Balaban J connectivity index is 3.11. The Hall–Kier alpha value is -1.59. The van der Waals surface area contributed by atoms with E-state index < -0.39 is 12.3 Å². The molecule has 0 saturated carbocycles. The van der Waals surface area contributed by atoms with Gasteiger partial charge in [0.05, 0.1) is 0 Å². The zero-order valence-corrected chi connectivity index (χ0v) is 8.43. The molecule has 5 heteroatoms. The third kappa shape index (κ3) is 2.45. The average molecular weight is 212 g/mol. The van der Waals surface area contributed by atoms with E-state index in [1.807, 2.05) is 0 Å². The zero-order valence-electron chi connectivity index (χ0n) is 8.43. The first-order valence-corrected chi connectivity index (χ1v) is 4.22. The van der Waals surface area contributed by atoms with E-state index >= 15 is 0 Å². The molecular weight excluding hydrogens is 200 g/mol. The van der Waals surface area contributed by atoms with Crippen molar-refractivity contribution in [2.45, 2.75) is 6.29 Å². The molecule has 15 heavy (non-hydrogen) atoms. The lowest BCUT2D eigenvalue weighted by molar-refractivity contribution is -0.106. The fourth-order valence-corrected chi connectivity index (χ4v) is 1.24. The minimum Gasteiger partial charge on any atom is -0.507 e. The summed E-state index contributed by atoms with van der Waals surface area (Å²) in [4.78, 5) is 10.7. The van der Waals surface area contributed by atoms with Gasteiger partial charge in [-0.1, -0.05) is 6.07 Å². The number of benzene rings is 1. The van der Waals surface area contributed by atoms with Crippen LogP contribution in [0.25, 0.3) is 0 Å². The minimum atomic E-state index is -1.19. The van der Waals surface area contributed by atoms with Crippen molar-refractivity contribution >= 4 is 5.97 Å². The van der Waals surface area contributed by atoms with Crippen LogP contribution in [0.2, 0.25) is 0 Å². The molecule has 0 unspecified atom stereocenters. The fraction of sp³-hybridized carbons (Fsp3) is 0.300. The van der Waals surface area contributed by atoms with Crippen LogP contribution in [0, 0.1) is 0 Å². The Kier molecular flexibility index (Phi) is 3.65. The number of phenols is 1.